The molecule has 0 saturated carbocycles. The zero-order valence-electron chi connectivity index (χ0n) is 23.3. The summed E-state index contributed by atoms with van der Waals surface area (Å²) in [4.78, 5) is 22.8. The van der Waals surface area contributed by atoms with Gasteiger partial charge in [-0.1, -0.05) is 53.6 Å². The molecule has 0 aromatic heterocycles. The predicted octanol–water partition coefficient (Wildman–Crippen LogP) is 7.58. The minimum atomic E-state index is -0.0524. The number of carbonyl (C=O) groups is 1. The number of benzene rings is 3. The third kappa shape index (κ3) is 8.73. The first-order valence-electron chi connectivity index (χ1n) is 12.9. The summed E-state index contributed by atoms with van der Waals surface area (Å²) in [5.41, 5.74) is 8.40. The topological polar surface area (TPSA) is 66.3 Å². The molecule has 0 fully saturated rings. The number of para-hydroxylation sites is 1. The Balaban J connectivity index is 0.000000221. The van der Waals surface area contributed by atoms with Gasteiger partial charge in [0.2, 0.25) is 0 Å². The monoisotopic (exact) mass is 510 g/mol. The SMILES string of the molecule is CC1=C(C(=O)Nc2ccccc2)CCCO1.Cc1ccc(N=CN(C)C=Nc2ccc(C)cc2C)c(C)c1. The van der Waals surface area contributed by atoms with Crippen LogP contribution in [0.25, 0.3) is 0 Å². The maximum Gasteiger partial charge on any atom is 0.254 e. The number of hydrogen-bond donors (Lipinski definition) is 1. The van der Waals surface area contributed by atoms with Crippen molar-refractivity contribution in [3.63, 3.8) is 0 Å². The average Bonchev–Trinajstić information content (AvgIpc) is 2.89. The van der Waals surface area contributed by atoms with Crippen molar-refractivity contribution in [3.8, 4) is 0 Å². The molecule has 6 nitrogen and oxygen atoms in total. The minimum absolute atomic E-state index is 0.0524. The fraction of sp³-hybridized carbons (Fsp3) is 0.281. The number of aryl methyl sites for hydroxylation is 4. The Bertz CT molecular complexity index is 1270. The number of nitrogens with zero attached hydrogens (tertiary/aromatic N) is 3. The van der Waals surface area contributed by atoms with Crippen LogP contribution in [0.3, 0.4) is 0 Å². The van der Waals surface area contributed by atoms with Gasteiger partial charge in [0.15, 0.2) is 0 Å². The van der Waals surface area contributed by atoms with Crippen LogP contribution in [-0.4, -0.2) is 37.1 Å². The lowest BCUT2D eigenvalue weighted by Gasteiger charge is -2.18. The summed E-state index contributed by atoms with van der Waals surface area (Å²) >= 11 is 0. The van der Waals surface area contributed by atoms with E-state index < -0.39 is 0 Å². The molecule has 1 aliphatic heterocycles. The number of hydrogen-bond acceptors (Lipinski definition) is 4. The Morgan fingerprint density at radius 3 is 1.89 bits per heavy atom. The van der Waals surface area contributed by atoms with Crippen LogP contribution in [0.2, 0.25) is 0 Å². The van der Waals surface area contributed by atoms with Gasteiger partial charge in [-0.05, 0) is 82.9 Å². The average molecular weight is 511 g/mol. The molecule has 4 rings (SSSR count). The first-order chi connectivity index (χ1) is 18.2. The van der Waals surface area contributed by atoms with Crippen LogP contribution in [-0.2, 0) is 9.53 Å². The van der Waals surface area contributed by atoms with Crippen LogP contribution in [0.15, 0.2) is 88.0 Å². The lowest BCUT2D eigenvalue weighted by atomic mass is 10.1. The van der Waals surface area contributed by atoms with E-state index in [2.05, 4.69) is 67.3 Å². The van der Waals surface area contributed by atoms with Gasteiger partial charge in [0.1, 0.15) is 5.76 Å². The summed E-state index contributed by atoms with van der Waals surface area (Å²) < 4.78 is 5.37. The lowest BCUT2D eigenvalue weighted by Crippen LogP contribution is -2.19. The van der Waals surface area contributed by atoms with Gasteiger partial charge >= 0.3 is 0 Å². The van der Waals surface area contributed by atoms with Gasteiger partial charge in [0.25, 0.3) is 5.91 Å². The van der Waals surface area contributed by atoms with Gasteiger partial charge in [-0.2, -0.15) is 0 Å². The van der Waals surface area contributed by atoms with Crippen LogP contribution < -0.4 is 5.32 Å². The molecule has 0 saturated heterocycles. The maximum atomic E-state index is 11.9. The number of rotatable bonds is 6. The molecule has 0 spiro atoms. The van der Waals surface area contributed by atoms with Crippen molar-refractivity contribution in [2.45, 2.75) is 47.5 Å². The summed E-state index contributed by atoms with van der Waals surface area (Å²) in [6.45, 7) is 10.9. The Labute approximate surface area is 226 Å². The molecule has 0 bridgehead atoms. The van der Waals surface area contributed by atoms with Crippen LogP contribution in [0.1, 0.15) is 42.0 Å². The summed E-state index contributed by atoms with van der Waals surface area (Å²) in [5, 5.41) is 2.87. The van der Waals surface area contributed by atoms with Crippen molar-refractivity contribution in [1.29, 1.82) is 0 Å². The number of carbonyl (C=O) groups excluding carboxylic acids is 1. The second-order valence-electron chi connectivity index (χ2n) is 9.54. The molecule has 3 aromatic carbocycles. The molecule has 0 radical (unpaired) electrons. The van der Waals surface area contributed by atoms with E-state index in [0.29, 0.717) is 6.61 Å². The van der Waals surface area contributed by atoms with E-state index in [0.717, 1.165) is 41.2 Å². The lowest BCUT2D eigenvalue weighted by molar-refractivity contribution is -0.113. The molecule has 0 unspecified atom stereocenters. The van der Waals surface area contributed by atoms with E-state index in [1.807, 2.05) is 61.3 Å². The van der Waals surface area contributed by atoms with Gasteiger partial charge in [-0.25, -0.2) is 9.98 Å². The normalized spacial score (nSPS) is 13.2. The van der Waals surface area contributed by atoms with E-state index in [9.17, 15) is 4.79 Å². The molecule has 1 amide bonds. The Morgan fingerprint density at radius 1 is 0.842 bits per heavy atom. The van der Waals surface area contributed by atoms with Gasteiger partial charge in [0.05, 0.1) is 36.2 Å². The van der Waals surface area contributed by atoms with Gasteiger partial charge in [0, 0.05) is 12.7 Å². The highest BCUT2D eigenvalue weighted by Gasteiger charge is 2.17. The molecule has 1 heterocycles. The molecule has 3 aromatic rings. The number of allylic oxidation sites excluding steroid dienone is 1. The van der Waals surface area contributed by atoms with Crippen LogP contribution in [0.4, 0.5) is 17.1 Å². The van der Waals surface area contributed by atoms with Crippen LogP contribution in [0.5, 0.6) is 0 Å². The quantitative estimate of drug-likeness (QED) is 0.274. The molecule has 38 heavy (non-hydrogen) atoms. The molecule has 6 heteroatoms. The maximum absolute atomic E-state index is 11.9. The summed E-state index contributed by atoms with van der Waals surface area (Å²) in [5.74, 6) is 0.697. The molecule has 1 N–H and O–H groups in total. The second-order valence-corrected chi connectivity index (χ2v) is 9.54. The Kier molecular flexibility index (Phi) is 10.4. The van der Waals surface area contributed by atoms with Gasteiger partial charge < -0.3 is 15.0 Å². The number of aliphatic imine (C=N–C) groups is 2. The third-order valence-corrected chi connectivity index (χ3v) is 6.08. The fourth-order valence-corrected chi connectivity index (χ4v) is 3.98. The molecule has 0 atom stereocenters. The number of amides is 1. The highest BCUT2D eigenvalue weighted by molar-refractivity contribution is 6.04. The largest absolute Gasteiger partial charge is 0.498 e. The number of anilines is 1. The van der Waals surface area contributed by atoms with Gasteiger partial charge in [-0.3, -0.25) is 4.79 Å². The predicted molar refractivity (Wildman–Crippen MR) is 159 cm³/mol. The number of nitrogens with one attached hydrogen (secondary N) is 1. The van der Waals surface area contributed by atoms with Crippen molar-refractivity contribution in [2.24, 2.45) is 9.98 Å². The minimum Gasteiger partial charge on any atom is -0.498 e. The highest BCUT2D eigenvalue weighted by Crippen LogP contribution is 2.21. The number of ether oxygens (including phenoxy) is 1. The molecule has 0 aliphatic carbocycles. The van der Waals surface area contributed by atoms with E-state index in [1.54, 1.807) is 12.7 Å². The molecular weight excluding hydrogens is 472 g/mol. The first kappa shape index (κ1) is 28.4. The summed E-state index contributed by atoms with van der Waals surface area (Å²) in [6, 6.07) is 22.0. The fourth-order valence-electron chi connectivity index (χ4n) is 3.98. The smallest absolute Gasteiger partial charge is 0.254 e. The standard InChI is InChI=1S/C19H23N3.C13H15NO2/c1-14-6-8-18(16(3)10-14)20-12-22(5)13-21-19-9-7-15(2)11-17(19)4;1-10-12(8-5-9-16-10)13(15)14-11-6-3-2-4-7-11/h6-13H,1-5H3;2-4,6-7H,5,8-9H2,1H3,(H,14,15). The molecule has 198 valence electrons. The summed E-state index contributed by atoms with van der Waals surface area (Å²) in [6.07, 6.45) is 5.27. The Morgan fingerprint density at radius 2 is 1.39 bits per heavy atom. The van der Waals surface area contributed by atoms with Crippen molar-refractivity contribution < 1.29 is 9.53 Å². The van der Waals surface area contributed by atoms with Crippen LogP contribution >= 0.6 is 0 Å². The highest BCUT2D eigenvalue weighted by atomic mass is 16.5. The van der Waals surface area contributed by atoms with Gasteiger partial charge in [-0.15, -0.1) is 0 Å². The zero-order valence-corrected chi connectivity index (χ0v) is 23.3. The van der Waals surface area contributed by atoms with Crippen molar-refractivity contribution in [2.75, 3.05) is 19.0 Å². The first-order valence-corrected chi connectivity index (χ1v) is 12.9. The Hall–Kier alpha value is -4.19. The van der Waals surface area contributed by atoms with E-state index in [1.165, 1.54) is 22.3 Å². The van der Waals surface area contributed by atoms with Crippen molar-refractivity contribution in [1.82, 2.24) is 4.90 Å². The zero-order chi connectivity index (χ0) is 27.5. The van der Waals surface area contributed by atoms with Crippen molar-refractivity contribution in [3.05, 3.63) is 100 Å². The second kappa shape index (κ2) is 13.9. The van der Waals surface area contributed by atoms with E-state index in [4.69, 9.17) is 4.74 Å². The van der Waals surface area contributed by atoms with Crippen molar-refractivity contribution >= 4 is 35.6 Å². The van der Waals surface area contributed by atoms with E-state index >= 15 is 0 Å². The van der Waals surface area contributed by atoms with E-state index in [-0.39, 0.29) is 5.91 Å². The molecular formula is C32H38N4O2. The van der Waals surface area contributed by atoms with Crippen LogP contribution in [0, 0.1) is 27.7 Å². The third-order valence-electron chi connectivity index (χ3n) is 6.08. The summed E-state index contributed by atoms with van der Waals surface area (Å²) in [7, 11) is 1.93. The molecule has 1 aliphatic rings.